The number of carbonyl (C=O) groups is 1. The van der Waals surface area contributed by atoms with Gasteiger partial charge in [-0.05, 0) is 30.7 Å². The van der Waals surface area contributed by atoms with Crippen molar-refractivity contribution in [3.63, 3.8) is 0 Å². The first-order valence-electron chi connectivity index (χ1n) is 5.33. The summed E-state index contributed by atoms with van der Waals surface area (Å²) in [5.74, 6) is -0.101. The molecule has 0 unspecified atom stereocenters. The fourth-order valence-electron chi connectivity index (χ4n) is 1.85. The lowest BCUT2D eigenvalue weighted by Crippen LogP contribution is -2.49. The van der Waals surface area contributed by atoms with Crippen molar-refractivity contribution in [2.75, 3.05) is 19.4 Å². The van der Waals surface area contributed by atoms with Gasteiger partial charge in [0.05, 0.1) is 11.3 Å². The summed E-state index contributed by atoms with van der Waals surface area (Å²) >= 11 is 1.36. The molecule has 2 rings (SSSR count). The second-order valence-corrected chi connectivity index (χ2v) is 5.04. The van der Waals surface area contributed by atoms with Gasteiger partial charge in [-0.1, -0.05) is 0 Å². The summed E-state index contributed by atoms with van der Waals surface area (Å²) < 4.78 is 5.43. The lowest BCUT2D eigenvalue weighted by molar-refractivity contribution is -0.0679. The van der Waals surface area contributed by atoms with Crippen LogP contribution in [-0.4, -0.2) is 25.2 Å². The summed E-state index contributed by atoms with van der Waals surface area (Å²) in [6.07, 6.45) is 3.21. The number of rotatable bonds is 4. The molecule has 0 atom stereocenters. The first-order chi connectivity index (χ1) is 7.67. The average molecular weight is 240 g/mol. The molecule has 3 N–H and O–H groups in total. The van der Waals surface area contributed by atoms with E-state index in [2.05, 4.69) is 5.32 Å². The van der Waals surface area contributed by atoms with Crippen LogP contribution in [0.4, 0.5) is 5.69 Å². The van der Waals surface area contributed by atoms with Crippen LogP contribution >= 0.6 is 11.3 Å². The topological polar surface area (TPSA) is 64.3 Å². The Kier molecular flexibility index (Phi) is 3.16. The highest BCUT2D eigenvalue weighted by Gasteiger charge is 2.37. The van der Waals surface area contributed by atoms with Gasteiger partial charge in [0.1, 0.15) is 4.88 Å². The number of thiophene rings is 1. The van der Waals surface area contributed by atoms with E-state index >= 15 is 0 Å². The van der Waals surface area contributed by atoms with Crippen molar-refractivity contribution in [2.45, 2.75) is 24.9 Å². The molecule has 0 spiro atoms. The molecule has 1 aliphatic carbocycles. The first kappa shape index (κ1) is 11.4. The minimum Gasteiger partial charge on any atom is -0.397 e. The number of carbonyl (C=O) groups excluding carboxylic acids is 1. The van der Waals surface area contributed by atoms with Gasteiger partial charge in [-0.25, -0.2) is 0 Å². The number of amides is 1. The molecule has 1 heterocycles. The number of methoxy groups -OCH3 is 1. The Morgan fingerprint density at radius 1 is 1.69 bits per heavy atom. The maximum Gasteiger partial charge on any atom is 0.263 e. The SMILES string of the molecule is COC1(CNC(=O)c2sccc2N)CCC1. The molecule has 0 radical (unpaired) electrons. The Bertz CT molecular complexity index is 380. The van der Waals surface area contributed by atoms with E-state index in [0.29, 0.717) is 17.1 Å². The van der Waals surface area contributed by atoms with Gasteiger partial charge in [0.15, 0.2) is 0 Å². The van der Waals surface area contributed by atoms with Crippen LogP contribution in [0.25, 0.3) is 0 Å². The maximum absolute atomic E-state index is 11.8. The quantitative estimate of drug-likeness (QED) is 0.840. The molecule has 1 fully saturated rings. The zero-order valence-electron chi connectivity index (χ0n) is 9.29. The van der Waals surface area contributed by atoms with E-state index in [0.717, 1.165) is 12.8 Å². The van der Waals surface area contributed by atoms with Crippen LogP contribution in [0.15, 0.2) is 11.4 Å². The second-order valence-electron chi connectivity index (χ2n) is 4.13. The normalized spacial score (nSPS) is 17.8. The van der Waals surface area contributed by atoms with Gasteiger partial charge in [0, 0.05) is 13.7 Å². The predicted octanol–water partition coefficient (Wildman–Crippen LogP) is 1.63. The lowest BCUT2D eigenvalue weighted by Gasteiger charge is -2.40. The van der Waals surface area contributed by atoms with Crippen molar-refractivity contribution in [2.24, 2.45) is 0 Å². The Hall–Kier alpha value is -1.07. The predicted molar refractivity (Wildman–Crippen MR) is 64.7 cm³/mol. The molecule has 88 valence electrons. The molecule has 16 heavy (non-hydrogen) atoms. The fraction of sp³-hybridized carbons (Fsp3) is 0.545. The summed E-state index contributed by atoms with van der Waals surface area (Å²) in [6.45, 7) is 0.569. The van der Waals surface area contributed by atoms with Crippen LogP contribution in [0.5, 0.6) is 0 Å². The molecule has 4 nitrogen and oxygen atoms in total. The van der Waals surface area contributed by atoms with Gasteiger partial charge in [-0.15, -0.1) is 11.3 Å². The Balaban J connectivity index is 1.91. The number of nitrogens with two attached hydrogens (primary N) is 1. The molecule has 0 aliphatic heterocycles. The molecule has 1 amide bonds. The van der Waals surface area contributed by atoms with Gasteiger partial charge < -0.3 is 15.8 Å². The lowest BCUT2D eigenvalue weighted by atomic mass is 9.80. The van der Waals surface area contributed by atoms with E-state index in [1.165, 1.54) is 17.8 Å². The molecule has 1 aromatic heterocycles. The molecule has 5 heteroatoms. The summed E-state index contributed by atoms with van der Waals surface area (Å²) in [5, 5.41) is 4.71. The molecule has 1 saturated carbocycles. The van der Waals surface area contributed by atoms with E-state index in [-0.39, 0.29) is 11.5 Å². The van der Waals surface area contributed by atoms with Crippen molar-refractivity contribution in [3.05, 3.63) is 16.3 Å². The number of ether oxygens (including phenoxy) is 1. The van der Waals surface area contributed by atoms with Gasteiger partial charge in [0.2, 0.25) is 0 Å². The minimum atomic E-state index is -0.137. The molecule has 0 saturated heterocycles. The van der Waals surface area contributed by atoms with Crippen molar-refractivity contribution >= 4 is 22.9 Å². The van der Waals surface area contributed by atoms with Crippen LogP contribution in [0, 0.1) is 0 Å². The maximum atomic E-state index is 11.8. The largest absolute Gasteiger partial charge is 0.397 e. The summed E-state index contributed by atoms with van der Waals surface area (Å²) in [4.78, 5) is 12.4. The molecule has 1 aliphatic rings. The van der Waals surface area contributed by atoms with Crippen LogP contribution in [0.2, 0.25) is 0 Å². The van der Waals surface area contributed by atoms with Gasteiger partial charge in [-0.3, -0.25) is 4.79 Å². The zero-order chi connectivity index (χ0) is 11.6. The third-order valence-corrected chi connectivity index (χ3v) is 4.10. The number of nitrogens with one attached hydrogen (secondary N) is 1. The second kappa shape index (κ2) is 4.43. The van der Waals surface area contributed by atoms with Crippen molar-refractivity contribution in [3.8, 4) is 0 Å². The summed E-state index contributed by atoms with van der Waals surface area (Å²) in [5.41, 5.74) is 6.08. The monoisotopic (exact) mass is 240 g/mol. The highest BCUT2D eigenvalue weighted by molar-refractivity contribution is 7.12. The van der Waals surface area contributed by atoms with E-state index in [1.54, 1.807) is 13.2 Å². The molecule has 0 aromatic carbocycles. The fourth-order valence-corrected chi connectivity index (χ4v) is 2.58. The number of hydrogen-bond acceptors (Lipinski definition) is 4. The summed E-state index contributed by atoms with van der Waals surface area (Å²) in [6, 6.07) is 1.75. The smallest absolute Gasteiger partial charge is 0.263 e. The Morgan fingerprint density at radius 2 is 2.44 bits per heavy atom. The molecule has 1 aromatic rings. The van der Waals surface area contributed by atoms with Crippen molar-refractivity contribution in [1.29, 1.82) is 0 Å². The van der Waals surface area contributed by atoms with Crippen molar-refractivity contribution in [1.82, 2.24) is 5.32 Å². The van der Waals surface area contributed by atoms with E-state index in [9.17, 15) is 4.79 Å². The van der Waals surface area contributed by atoms with Crippen LogP contribution < -0.4 is 11.1 Å². The van der Waals surface area contributed by atoms with Crippen molar-refractivity contribution < 1.29 is 9.53 Å². The Morgan fingerprint density at radius 3 is 2.88 bits per heavy atom. The highest BCUT2D eigenvalue weighted by Crippen LogP contribution is 2.34. The Labute approximate surface area is 98.8 Å². The highest BCUT2D eigenvalue weighted by atomic mass is 32.1. The van der Waals surface area contributed by atoms with E-state index < -0.39 is 0 Å². The number of nitrogen functional groups attached to an aromatic ring is 1. The molecule has 0 bridgehead atoms. The molecular weight excluding hydrogens is 224 g/mol. The third kappa shape index (κ3) is 2.05. The number of hydrogen-bond donors (Lipinski definition) is 2. The zero-order valence-corrected chi connectivity index (χ0v) is 10.1. The third-order valence-electron chi connectivity index (χ3n) is 3.17. The van der Waals surface area contributed by atoms with Gasteiger partial charge >= 0.3 is 0 Å². The van der Waals surface area contributed by atoms with Crippen LogP contribution in [0.3, 0.4) is 0 Å². The van der Waals surface area contributed by atoms with E-state index in [1.807, 2.05) is 5.38 Å². The van der Waals surface area contributed by atoms with Gasteiger partial charge in [0.25, 0.3) is 5.91 Å². The van der Waals surface area contributed by atoms with Gasteiger partial charge in [-0.2, -0.15) is 0 Å². The first-order valence-corrected chi connectivity index (χ1v) is 6.21. The average Bonchev–Trinajstić information content (AvgIpc) is 2.63. The van der Waals surface area contributed by atoms with E-state index in [4.69, 9.17) is 10.5 Å². The number of anilines is 1. The summed E-state index contributed by atoms with van der Waals surface area (Å²) in [7, 11) is 1.70. The molecular formula is C11H16N2O2S. The van der Waals surface area contributed by atoms with Crippen LogP contribution in [-0.2, 0) is 4.74 Å². The minimum absolute atomic E-state index is 0.101. The standard InChI is InChI=1S/C11H16N2O2S/c1-15-11(4-2-5-11)7-13-10(14)9-8(12)3-6-16-9/h3,6H,2,4-5,7,12H2,1H3,(H,13,14). The van der Waals surface area contributed by atoms with Crippen LogP contribution in [0.1, 0.15) is 28.9 Å².